The Balaban J connectivity index is 2.02. The predicted molar refractivity (Wildman–Crippen MR) is 69.1 cm³/mol. The van der Waals surface area contributed by atoms with Crippen molar-refractivity contribution in [3.05, 3.63) is 41.3 Å². The van der Waals surface area contributed by atoms with Crippen LogP contribution in [-0.2, 0) is 0 Å². The lowest BCUT2D eigenvalue weighted by Gasteiger charge is -2.02. The zero-order valence-corrected chi connectivity index (χ0v) is 10.4. The summed E-state index contributed by atoms with van der Waals surface area (Å²) in [5, 5.41) is 20.4. The van der Waals surface area contributed by atoms with E-state index in [9.17, 15) is 9.90 Å². The van der Waals surface area contributed by atoms with Gasteiger partial charge in [-0.15, -0.1) is 23.1 Å². The van der Waals surface area contributed by atoms with Gasteiger partial charge in [0.1, 0.15) is 0 Å². The van der Waals surface area contributed by atoms with Gasteiger partial charge in [0.15, 0.2) is 17.3 Å². The Labute approximate surface area is 107 Å². The number of hydrogen-bond acceptors (Lipinski definition) is 5. The average Bonchev–Trinajstić information content (AvgIpc) is 2.82. The molecule has 2 rings (SSSR count). The molecule has 17 heavy (non-hydrogen) atoms. The van der Waals surface area contributed by atoms with Crippen molar-refractivity contribution in [1.82, 2.24) is 0 Å². The molecule has 0 aliphatic heterocycles. The van der Waals surface area contributed by atoms with Gasteiger partial charge in [-0.25, -0.2) is 0 Å². The van der Waals surface area contributed by atoms with Crippen molar-refractivity contribution in [2.45, 2.75) is 4.21 Å². The monoisotopic (exact) mass is 266 g/mol. The van der Waals surface area contributed by atoms with Crippen LogP contribution in [0.2, 0.25) is 0 Å². The Morgan fingerprint density at radius 2 is 2.06 bits per heavy atom. The smallest absolute Gasteiger partial charge is 0.173 e. The fourth-order valence-electron chi connectivity index (χ4n) is 1.26. The molecule has 0 radical (unpaired) electrons. The third-order valence-electron chi connectivity index (χ3n) is 2.14. The van der Waals surface area contributed by atoms with Crippen LogP contribution in [-0.4, -0.2) is 21.7 Å². The van der Waals surface area contributed by atoms with E-state index in [0.717, 1.165) is 4.21 Å². The van der Waals surface area contributed by atoms with E-state index >= 15 is 0 Å². The van der Waals surface area contributed by atoms with Gasteiger partial charge in [-0.3, -0.25) is 4.79 Å². The molecule has 0 saturated carbocycles. The molecule has 1 aromatic heterocycles. The molecule has 0 unspecified atom stereocenters. The van der Waals surface area contributed by atoms with Crippen molar-refractivity contribution in [1.29, 1.82) is 0 Å². The quantitative estimate of drug-likeness (QED) is 0.507. The van der Waals surface area contributed by atoms with E-state index < -0.39 is 0 Å². The summed E-state index contributed by atoms with van der Waals surface area (Å²) in [6.45, 7) is 0. The number of phenolic OH excluding ortho intramolecular Hbond substituents is 2. The minimum atomic E-state index is -0.267. The van der Waals surface area contributed by atoms with Crippen molar-refractivity contribution in [2.75, 3.05) is 5.75 Å². The number of aromatic hydroxyl groups is 2. The average molecular weight is 266 g/mol. The van der Waals surface area contributed by atoms with Crippen LogP contribution >= 0.6 is 23.1 Å². The lowest BCUT2D eigenvalue weighted by atomic mass is 10.1. The van der Waals surface area contributed by atoms with Crippen LogP contribution in [0.4, 0.5) is 0 Å². The van der Waals surface area contributed by atoms with Crippen molar-refractivity contribution >= 4 is 28.9 Å². The molecule has 2 N–H and O–H groups in total. The molecule has 0 aliphatic rings. The van der Waals surface area contributed by atoms with Gasteiger partial charge in [0.2, 0.25) is 0 Å². The van der Waals surface area contributed by atoms with Gasteiger partial charge in [0.25, 0.3) is 0 Å². The molecule has 5 heteroatoms. The standard InChI is InChI=1S/C12H10O3S2/c13-9-4-3-8(6-10(9)14)11(15)7-17-12-2-1-5-16-12/h1-6,13-14H,7H2. The molecule has 0 aliphatic carbocycles. The SMILES string of the molecule is O=C(CSc1cccs1)c1ccc(O)c(O)c1. The highest BCUT2D eigenvalue weighted by Crippen LogP contribution is 2.27. The topological polar surface area (TPSA) is 57.5 Å². The maximum Gasteiger partial charge on any atom is 0.173 e. The highest BCUT2D eigenvalue weighted by atomic mass is 32.2. The second-order valence-corrected chi connectivity index (χ2v) is 5.57. The number of carbonyl (C=O) groups excluding carboxylic acids is 1. The molecule has 3 nitrogen and oxygen atoms in total. The van der Waals surface area contributed by atoms with Crippen LogP contribution < -0.4 is 0 Å². The second-order valence-electron chi connectivity index (χ2n) is 3.35. The zero-order valence-electron chi connectivity index (χ0n) is 8.79. The lowest BCUT2D eigenvalue weighted by molar-refractivity contribution is 0.102. The molecular weight excluding hydrogens is 256 g/mol. The summed E-state index contributed by atoms with van der Waals surface area (Å²) >= 11 is 3.05. The van der Waals surface area contributed by atoms with Crippen LogP contribution in [0.3, 0.4) is 0 Å². The van der Waals surface area contributed by atoms with Crippen LogP contribution in [0.15, 0.2) is 39.9 Å². The number of rotatable bonds is 4. The van der Waals surface area contributed by atoms with Crippen molar-refractivity contribution in [3.8, 4) is 11.5 Å². The molecule has 0 saturated heterocycles. The molecule has 2 aromatic rings. The summed E-state index contributed by atoms with van der Waals surface area (Å²) < 4.78 is 1.08. The van der Waals surface area contributed by atoms with Gasteiger partial charge >= 0.3 is 0 Å². The Hall–Kier alpha value is -1.46. The minimum Gasteiger partial charge on any atom is -0.504 e. The Bertz CT molecular complexity index is 521. The summed E-state index contributed by atoms with van der Waals surface area (Å²) in [5.74, 6) is -0.229. The predicted octanol–water partition coefficient (Wildman–Crippen LogP) is 3.13. The first-order valence-electron chi connectivity index (χ1n) is 4.88. The number of carbonyl (C=O) groups is 1. The summed E-state index contributed by atoms with van der Waals surface area (Å²) in [5.41, 5.74) is 0.407. The van der Waals surface area contributed by atoms with Gasteiger partial charge in [0.05, 0.1) is 9.96 Å². The number of hydrogen-bond donors (Lipinski definition) is 2. The number of ketones is 1. The molecular formula is C12H10O3S2. The molecule has 0 bridgehead atoms. The zero-order chi connectivity index (χ0) is 12.3. The Kier molecular flexibility index (Phi) is 3.71. The Morgan fingerprint density at radius 1 is 1.24 bits per heavy atom. The molecule has 88 valence electrons. The number of phenols is 2. The first kappa shape index (κ1) is 12.0. The van der Waals surface area contributed by atoms with Crippen LogP contribution in [0, 0.1) is 0 Å². The maximum atomic E-state index is 11.8. The van der Waals surface area contributed by atoms with Crippen molar-refractivity contribution in [3.63, 3.8) is 0 Å². The number of thiophene rings is 1. The molecule has 1 aromatic carbocycles. The van der Waals surface area contributed by atoms with E-state index in [0.29, 0.717) is 11.3 Å². The van der Waals surface area contributed by atoms with Gasteiger partial charge in [0, 0.05) is 5.56 Å². The van der Waals surface area contributed by atoms with Gasteiger partial charge in [-0.1, -0.05) is 6.07 Å². The fraction of sp³-hybridized carbons (Fsp3) is 0.0833. The van der Waals surface area contributed by atoms with E-state index in [1.165, 1.54) is 30.0 Å². The van der Waals surface area contributed by atoms with Gasteiger partial charge in [-0.05, 0) is 29.6 Å². The van der Waals surface area contributed by atoms with Crippen LogP contribution in [0.5, 0.6) is 11.5 Å². The second kappa shape index (κ2) is 5.25. The summed E-state index contributed by atoms with van der Waals surface area (Å²) in [6.07, 6.45) is 0. The summed E-state index contributed by atoms with van der Waals surface area (Å²) in [7, 11) is 0. The fourth-order valence-corrected chi connectivity index (χ4v) is 2.94. The largest absolute Gasteiger partial charge is 0.504 e. The number of thioether (sulfide) groups is 1. The number of benzene rings is 1. The highest BCUT2D eigenvalue weighted by molar-refractivity contribution is 8.01. The molecule has 0 amide bonds. The first-order valence-corrected chi connectivity index (χ1v) is 6.75. The molecule has 0 atom stereocenters. The van der Waals surface area contributed by atoms with Crippen molar-refractivity contribution in [2.24, 2.45) is 0 Å². The van der Waals surface area contributed by atoms with E-state index in [2.05, 4.69) is 0 Å². The molecule has 1 heterocycles. The first-order chi connectivity index (χ1) is 8.16. The number of Topliss-reactive ketones (excluding diaryl/α,β-unsaturated/α-hetero) is 1. The lowest BCUT2D eigenvalue weighted by Crippen LogP contribution is -2.01. The third-order valence-corrected chi connectivity index (χ3v) is 4.27. The summed E-state index contributed by atoms with van der Waals surface area (Å²) in [6, 6.07) is 8.00. The molecule has 0 spiro atoms. The summed E-state index contributed by atoms with van der Waals surface area (Å²) in [4.78, 5) is 11.8. The van der Waals surface area contributed by atoms with Crippen LogP contribution in [0.25, 0.3) is 0 Å². The van der Waals surface area contributed by atoms with Gasteiger partial charge < -0.3 is 10.2 Å². The van der Waals surface area contributed by atoms with E-state index in [1.807, 2.05) is 17.5 Å². The van der Waals surface area contributed by atoms with Crippen molar-refractivity contribution < 1.29 is 15.0 Å². The third kappa shape index (κ3) is 3.01. The van der Waals surface area contributed by atoms with Gasteiger partial charge in [-0.2, -0.15) is 0 Å². The van der Waals surface area contributed by atoms with E-state index in [1.54, 1.807) is 11.3 Å². The molecule has 0 fully saturated rings. The van der Waals surface area contributed by atoms with E-state index in [-0.39, 0.29) is 17.3 Å². The highest BCUT2D eigenvalue weighted by Gasteiger charge is 2.09. The Morgan fingerprint density at radius 3 is 2.71 bits per heavy atom. The van der Waals surface area contributed by atoms with Crippen LogP contribution in [0.1, 0.15) is 10.4 Å². The maximum absolute atomic E-state index is 11.8. The normalized spacial score (nSPS) is 10.4. The minimum absolute atomic E-state index is 0.0706. The van der Waals surface area contributed by atoms with E-state index in [4.69, 9.17) is 5.11 Å².